The number of benzene rings is 1. The van der Waals surface area contributed by atoms with Crippen LogP contribution in [0.1, 0.15) is 63.6 Å². The second-order valence-electron chi connectivity index (χ2n) is 9.22. The van der Waals surface area contributed by atoms with Gasteiger partial charge in [-0.15, -0.1) is 0 Å². The van der Waals surface area contributed by atoms with Gasteiger partial charge in [-0.25, -0.2) is 4.79 Å². The number of hydrogen-bond donors (Lipinski definition) is 0. The molecule has 1 atom stereocenters. The van der Waals surface area contributed by atoms with Crippen LogP contribution >= 0.6 is 0 Å². The molecule has 1 aromatic carbocycles. The summed E-state index contributed by atoms with van der Waals surface area (Å²) in [6, 6.07) is 4.01. The molecular formula is C23H31N3O3. The van der Waals surface area contributed by atoms with Crippen LogP contribution in [0.5, 0.6) is 0 Å². The van der Waals surface area contributed by atoms with E-state index in [1.165, 1.54) is 25.3 Å². The van der Waals surface area contributed by atoms with E-state index in [4.69, 9.17) is 0 Å². The highest BCUT2D eigenvalue weighted by Crippen LogP contribution is 2.45. The molecule has 0 N–H and O–H groups in total. The average molecular weight is 398 g/mol. The number of fused-ring (bicyclic) bond motifs is 1. The first-order chi connectivity index (χ1) is 13.4. The molecule has 1 saturated heterocycles. The Morgan fingerprint density at radius 1 is 1.07 bits per heavy atom. The largest absolute Gasteiger partial charge is 0.364 e. The molecule has 0 unspecified atom stereocenters. The number of rotatable bonds is 2. The van der Waals surface area contributed by atoms with Crippen molar-refractivity contribution < 1.29 is 14.4 Å². The smallest absolute Gasteiger partial charge is 0.333 e. The van der Waals surface area contributed by atoms with Crippen molar-refractivity contribution in [1.29, 1.82) is 0 Å². The third-order valence-electron chi connectivity index (χ3n) is 6.12. The lowest BCUT2D eigenvalue weighted by Crippen LogP contribution is -2.53. The molecule has 2 aliphatic rings. The van der Waals surface area contributed by atoms with Gasteiger partial charge in [0, 0.05) is 31.4 Å². The van der Waals surface area contributed by atoms with Crippen LogP contribution < -0.4 is 4.90 Å². The van der Waals surface area contributed by atoms with Gasteiger partial charge in [0.2, 0.25) is 0 Å². The molecule has 29 heavy (non-hydrogen) atoms. The monoisotopic (exact) mass is 397 g/mol. The van der Waals surface area contributed by atoms with E-state index in [-0.39, 0.29) is 11.1 Å². The zero-order chi connectivity index (χ0) is 21.8. The summed E-state index contributed by atoms with van der Waals surface area (Å²) in [5.74, 6) is -0.765. The van der Waals surface area contributed by atoms with Crippen LogP contribution in [0, 0.1) is 6.92 Å². The molecule has 0 bridgehead atoms. The quantitative estimate of drug-likeness (QED) is 0.560. The van der Waals surface area contributed by atoms with Crippen LogP contribution in [0.2, 0.25) is 0 Å². The van der Waals surface area contributed by atoms with Crippen molar-refractivity contribution in [2.45, 2.75) is 65.5 Å². The SMILES string of the molecule is Cc1cc2c(cc1C=C1C(=O)N(C)C(=O)N(C)C1=O)[C@@H](C)CC(C)(C)N2C(C)C. The molecule has 6 nitrogen and oxygen atoms in total. The number of carbonyl (C=O) groups is 3. The zero-order valence-electron chi connectivity index (χ0n) is 18.7. The second kappa shape index (κ2) is 7.01. The van der Waals surface area contributed by atoms with E-state index in [1.54, 1.807) is 6.08 Å². The van der Waals surface area contributed by atoms with Gasteiger partial charge in [-0.2, -0.15) is 0 Å². The Kier molecular flexibility index (Phi) is 5.10. The first-order valence-corrected chi connectivity index (χ1v) is 10.1. The number of urea groups is 1. The Morgan fingerprint density at radius 2 is 1.62 bits per heavy atom. The van der Waals surface area contributed by atoms with Gasteiger partial charge < -0.3 is 4.90 Å². The van der Waals surface area contributed by atoms with Gasteiger partial charge in [-0.1, -0.05) is 6.92 Å². The summed E-state index contributed by atoms with van der Waals surface area (Å²) in [5, 5.41) is 0. The van der Waals surface area contributed by atoms with Crippen LogP contribution in [0.25, 0.3) is 6.08 Å². The average Bonchev–Trinajstić information content (AvgIpc) is 2.61. The first-order valence-electron chi connectivity index (χ1n) is 10.1. The summed E-state index contributed by atoms with van der Waals surface area (Å²) in [6.07, 6.45) is 2.65. The topological polar surface area (TPSA) is 60.9 Å². The molecule has 0 saturated carbocycles. The fourth-order valence-corrected chi connectivity index (χ4v) is 4.88. The molecule has 3 rings (SSSR count). The third kappa shape index (κ3) is 3.34. The fraction of sp³-hybridized carbons (Fsp3) is 0.522. The van der Waals surface area contributed by atoms with Crippen LogP contribution in [0.15, 0.2) is 17.7 Å². The Balaban J connectivity index is 2.13. The molecule has 156 valence electrons. The van der Waals surface area contributed by atoms with Crippen molar-refractivity contribution in [2.75, 3.05) is 19.0 Å². The number of aryl methyl sites for hydroxylation is 1. The van der Waals surface area contributed by atoms with Crippen molar-refractivity contribution in [3.05, 3.63) is 34.4 Å². The second-order valence-corrected chi connectivity index (χ2v) is 9.22. The van der Waals surface area contributed by atoms with Gasteiger partial charge in [0.25, 0.3) is 11.8 Å². The fourth-order valence-electron chi connectivity index (χ4n) is 4.88. The number of carbonyl (C=O) groups excluding carboxylic acids is 3. The number of likely N-dealkylation sites (N-methyl/N-ethyl adjacent to an activating group) is 2. The Hall–Kier alpha value is -2.63. The highest BCUT2D eigenvalue weighted by atomic mass is 16.2. The highest BCUT2D eigenvalue weighted by Gasteiger charge is 2.39. The lowest BCUT2D eigenvalue weighted by molar-refractivity contribution is -0.134. The molecule has 1 aromatic rings. The molecule has 4 amide bonds. The highest BCUT2D eigenvalue weighted by molar-refractivity contribution is 6.30. The van der Waals surface area contributed by atoms with Crippen LogP contribution in [-0.2, 0) is 9.59 Å². The lowest BCUT2D eigenvalue weighted by atomic mass is 9.78. The van der Waals surface area contributed by atoms with E-state index in [0.29, 0.717) is 12.0 Å². The van der Waals surface area contributed by atoms with Gasteiger partial charge in [0.05, 0.1) is 0 Å². The van der Waals surface area contributed by atoms with E-state index < -0.39 is 17.8 Å². The molecule has 6 heteroatoms. The molecule has 2 aliphatic heterocycles. The summed E-state index contributed by atoms with van der Waals surface area (Å²) in [4.78, 5) is 41.5. The molecule has 0 radical (unpaired) electrons. The molecule has 0 aromatic heterocycles. The molecule has 1 fully saturated rings. The predicted molar refractivity (Wildman–Crippen MR) is 115 cm³/mol. The van der Waals surface area contributed by atoms with E-state index in [9.17, 15) is 14.4 Å². The van der Waals surface area contributed by atoms with Crippen LogP contribution in [-0.4, -0.2) is 53.3 Å². The summed E-state index contributed by atoms with van der Waals surface area (Å²) < 4.78 is 0. The maximum atomic E-state index is 12.6. The summed E-state index contributed by atoms with van der Waals surface area (Å²) in [5.41, 5.74) is 4.34. The van der Waals surface area contributed by atoms with E-state index in [1.807, 2.05) is 6.92 Å². The van der Waals surface area contributed by atoms with Crippen LogP contribution in [0.3, 0.4) is 0 Å². The van der Waals surface area contributed by atoms with Crippen molar-refractivity contribution in [3.8, 4) is 0 Å². The zero-order valence-corrected chi connectivity index (χ0v) is 18.7. The number of barbiturate groups is 1. The van der Waals surface area contributed by atoms with Crippen molar-refractivity contribution in [3.63, 3.8) is 0 Å². The minimum Gasteiger partial charge on any atom is -0.364 e. The summed E-state index contributed by atoms with van der Waals surface area (Å²) in [7, 11) is 2.79. The third-order valence-corrected chi connectivity index (χ3v) is 6.12. The van der Waals surface area contributed by atoms with Gasteiger partial charge in [0.15, 0.2) is 0 Å². The molecule has 0 aliphatic carbocycles. The minimum absolute atomic E-state index is 0.0159. The standard InChI is InChI=1S/C23H31N3O3/c1-13(2)26-19-9-14(3)16(10-17(19)15(4)12-23(26,5)6)11-18-20(27)24(7)22(29)25(8)21(18)28/h9-11,13,15H,12H2,1-8H3/t15-/m0/s1. The van der Waals surface area contributed by atoms with Crippen molar-refractivity contribution in [1.82, 2.24) is 9.80 Å². The van der Waals surface area contributed by atoms with Crippen molar-refractivity contribution >= 4 is 29.6 Å². The van der Waals surface area contributed by atoms with Gasteiger partial charge >= 0.3 is 6.03 Å². The van der Waals surface area contributed by atoms with Gasteiger partial charge in [0.1, 0.15) is 5.57 Å². The Bertz CT molecular complexity index is 904. The molecular weight excluding hydrogens is 366 g/mol. The first kappa shape index (κ1) is 21.1. The maximum absolute atomic E-state index is 12.6. The van der Waals surface area contributed by atoms with Gasteiger partial charge in [-0.05, 0) is 81.9 Å². The number of hydrogen-bond acceptors (Lipinski definition) is 4. The lowest BCUT2D eigenvalue weighted by Gasteiger charge is -2.50. The van der Waals surface area contributed by atoms with E-state index in [0.717, 1.165) is 27.3 Å². The molecule has 2 heterocycles. The predicted octanol–water partition coefficient (Wildman–Crippen LogP) is 3.93. The number of imide groups is 2. The van der Waals surface area contributed by atoms with E-state index in [2.05, 4.69) is 51.7 Å². The maximum Gasteiger partial charge on any atom is 0.333 e. The number of anilines is 1. The van der Waals surface area contributed by atoms with Crippen molar-refractivity contribution in [2.24, 2.45) is 0 Å². The summed E-state index contributed by atoms with van der Waals surface area (Å²) >= 11 is 0. The number of nitrogens with zero attached hydrogens (tertiary/aromatic N) is 3. The number of amides is 4. The van der Waals surface area contributed by atoms with Gasteiger partial charge in [-0.3, -0.25) is 19.4 Å². The minimum atomic E-state index is -0.609. The Labute approximate surface area is 173 Å². The summed E-state index contributed by atoms with van der Waals surface area (Å²) in [6.45, 7) is 13.2. The van der Waals surface area contributed by atoms with E-state index >= 15 is 0 Å². The van der Waals surface area contributed by atoms with Crippen LogP contribution in [0.4, 0.5) is 10.5 Å². The normalized spacial score (nSPS) is 21.8. The Morgan fingerprint density at radius 3 is 2.14 bits per heavy atom. The molecule has 0 spiro atoms.